The van der Waals surface area contributed by atoms with Crippen LogP contribution in [0.4, 0.5) is 9.80 Å². The summed E-state index contributed by atoms with van der Waals surface area (Å²) in [5.41, 5.74) is -0.563. The Labute approximate surface area is 143 Å². The Bertz CT molecular complexity index is 717. The second-order valence-corrected chi connectivity index (χ2v) is 6.96. The van der Waals surface area contributed by atoms with Crippen molar-refractivity contribution in [3.8, 4) is 10.7 Å². The summed E-state index contributed by atoms with van der Waals surface area (Å²) < 4.78 is 14.8. The van der Waals surface area contributed by atoms with Crippen molar-refractivity contribution in [2.45, 2.75) is 39.2 Å². The van der Waals surface area contributed by atoms with Crippen LogP contribution in [0.3, 0.4) is 0 Å². The molecule has 0 aromatic carbocycles. The lowest BCUT2D eigenvalue weighted by molar-refractivity contribution is -0.140. The minimum Gasteiger partial charge on any atom is -0.469 e. The van der Waals surface area contributed by atoms with Gasteiger partial charge in [0.25, 0.3) is 0 Å². The Balaban J connectivity index is 1.97. The van der Waals surface area contributed by atoms with Gasteiger partial charge >= 0.3 is 12.1 Å². The summed E-state index contributed by atoms with van der Waals surface area (Å²) in [6, 6.07) is 3.50. The fourth-order valence-electron chi connectivity index (χ4n) is 1.70. The molecule has 9 heteroatoms. The molecule has 0 aliphatic carbocycles. The van der Waals surface area contributed by atoms with Crippen molar-refractivity contribution in [2.24, 2.45) is 0 Å². The number of methoxy groups -OCH3 is 1. The van der Waals surface area contributed by atoms with Crippen molar-refractivity contribution >= 4 is 28.4 Å². The molecule has 0 spiro atoms. The average Bonchev–Trinajstić information content (AvgIpc) is 3.11. The molecule has 0 saturated carbocycles. The van der Waals surface area contributed by atoms with Crippen LogP contribution >= 0.6 is 11.3 Å². The molecule has 0 aliphatic rings. The Morgan fingerprint density at radius 1 is 1.33 bits per heavy atom. The molecular formula is C15H19N3O5S. The lowest BCUT2D eigenvalue weighted by Crippen LogP contribution is -2.26. The molecule has 0 aliphatic heterocycles. The van der Waals surface area contributed by atoms with Gasteiger partial charge in [0.2, 0.25) is 11.7 Å². The highest BCUT2D eigenvalue weighted by atomic mass is 32.1. The summed E-state index contributed by atoms with van der Waals surface area (Å²) in [6.45, 7) is 5.38. The largest absolute Gasteiger partial charge is 0.469 e. The van der Waals surface area contributed by atoms with Crippen molar-refractivity contribution in [1.82, 2.24) is 10.1 Å². The standard InChI is InChI=1S/C15H19N3O5S/c1-15(2,3)22-14(20)17-11-7-5-9(24-11)13-16-10(23-18-13)6-8-12(19)21-4/h5,7H,6,8H2,1-4H3,(H,17,20). The van der Waals surface area contributed by atoms with Crippen LogP contribution in [0.15, 0.2) is 16.7 Å². The molecule has 2 rings (SSSR count). The van der Waals surface area contributed by atoms with Crippen LogP contribution in [0.25, 0.3) is 10.7 Å². The summed E-state index contributed by atoms with van der Waals surface area (Å²) in [5.74, 6) is 0.414. The quantitative estimate of drug-likeness (QED) is 0.823. The second kappa shape index (κ2) is 7.43. The Kier molecular flexibility index (Phi) is 5.55. The van der Waals surface area contributed by atoms with Crippen LogP contribution in [0.5, 0.6) is 0 Å². The first-order valence-corrected chi connectivity index (χ1v) is 8.08. The van der Waals surface area contributed by atoms with Crippen LogP contribution in [-0.2, 0) is 20.7 Å². The van der Waals surface area contributed by atoms with E-state index >= 15 is 0 Å². The average molecular weight is 353 g/mol. The number of thiophene rings is 1. The van der Waals surface area contributed by atoms with E-state index in [0.717, 1.165) is 4.88 Å². The number of rotatable bonds is 5. The lowest BCUT2D eigenvalue weighted by Gasteiger charge is -2.19. The predicted octanol–water partition coefficient (Wildman–Crippen LogP) is 3.25. The summed E-state index contributed by atoms with van der Waals surface area (Å²) in [5, 5.41) is 7.13. The van der Waals surface area contributed by atoms with E-state index < -0.39 is 11.7 Å². The molecule has 130 valence electrons. The summed E-state index contributed by atoms with van der Waals surface area (Å²) in [6.07, 6.45) is -0.0370. The fourth-order valence-corrected chi connectivity index (χ4v) is 2.51. The molecule has 1 amide bonds. The summed E-state index contributed by atoms with van der Waals surface area (Å²) >= 11 is 1.29. The van der Waals surface area contributed by atoms with Gasteiger partial charge < -0.3 is 14.0 Å². The zero-order valence-corrected chi connectivity index (χ0v) is 14.7. The number of aromatic nitrogens is 2. The third kappa shape index (κ3) is 5.34. The highest BCUT2D eigenvalue weighted by molar-refractivity contribution is 7.19. The molecule has 0 saturated heterocycles. The minimum absolute atomic E-state index is 0.175. The first kappa shape index (κ1) is 17.9. The van der Waals surface area contributed by atoms with Gasteiger partial charge in [-0.05, 0) is 32.9 Å². The van der Waals surface area contributed by atoms with Crippen molar-refractivity contribution in [2.75, 3.05) is 12.4 Å². The highest BCUT2D eigenvalue weighted by Gasteiger charge is 2.18. The number of hydrogen-bond donors (Lipinski definition) is 1. The normalized spacial score (nSPS) is 11.2. The molecule has 0 bridgehead atoms. The topological polar surface area (TPSA) is 104 Å². The third-order valence-corrected chi connectivity index (χ3v) is 3.69. The monoisotopic (exact) mass is 353 g/mol. The predicted molar refractivity (Wildman–Crippen MR) is 87.8 cm³/mol. The first-order valence-electron chi connectivity index (χ1n) is 7.26. The SMILES string of the molecule is COC(=O)CCc1nc(-c2ccc(NC(=O)OC(C)(C)C)s2)no1. The third-order valence-electron chi connectivity index (χ3n) is 2.69. The maximum Gasteiger partial charge on any atom is 0.412 e. The van der Waals surface area contributed by atoms with Gasteiger partial charge in [0.1, 0.15) is 5.60 Å². The van der Waals surface area contributed by atoms with Gasteiger partial charge in [-0.25, -0.2) is 4.79 Å². The van der Waals surface area contributed by atoms with Gasteiger partial charge in [-0.15, -0.1) is 11.3 Å². The van der Waals surface area contributed by atoms with Crippen LogP contribution in [0.2, 0.25) is 0 Å². The van der Waals surface area contributed by atoms with Crippen molar-refractivity contribution < 1.29 is 23.6 Å². The van der Waals surface area contributed by atoms with Gasteiger partial charge in [0.05, 0.1) is 23.4 Å². The van der Waals surface area contributed by atoms with Crippen molar-refractivity contribution in [1.29, 1.82) is 0 Å². The fraction of sp³-hybridized carbons (Fsp3) is 0.467. The molecule has 1 N–H and O–H groups in total. The van der Waals surface area contributed by atoms with Crippen molar-refractivity contribution in [3.05, 3.63) is 18.0 Å². The number of carbonyl (C=O) groups is 2. The van der Waals surface area contributed by atoms with Gasteiger partial charge in [0, 0.05) is 6.42 Å². The van der Waals surface area contributed by atoms with Crippen LogP contribution in [0.1, 0.15) is 33.1 Å². The number of aryl methyl sites for hydroxylation is 1. The highest BCUT2D eigenvalue weighted by Crippen LogP contribution is 2.30. The van der Waals surface area contributed by atoms with E-state index in [0.29, 0.717) is 23.1 Å². The van der Waals surface area contributed by atoms with Gasteiger partial charge in [0.15, 0.2) is 0 Å². The number of carbonyl (C=O) groups excluding carboxylic acids is 2. The second-order valence-electron chi connectivity index (χ2n) is 5.88. The number of hydrogen-bond acceptors (Lipinski definition) is 8. The van der Waals surface area contributed by atoms with E-state index in [1.165, 1.54) is 18.4 Å². The molecule has 2 aromatic heterocycles. The van der Waals surface area contributed by atoms with Crippen LogP contribution in [-0.4, -0.2) is 34.9 Å². The molecule has 24 heavy (non-hydrogen) atoms. The zero-order chi connectivity index (χ0) is 17.7. The number of ether oxygens (including phenoxy) is 2. The number of esters is 1. The van der Waals surface area contributed by atoms with E-state index in [1.54, 1.807) is 32.9 Å². The van der Waals surface area contributed by atoms with E-state index in [9.17, 15) is 9.59 Å². The van der Waals surface area contributed by atoms with Crippen LogP contribution in [0, 0.1) is 0 Å². The van der Waals surface area contributed by atoms with E-state index in [2.05, 4.69) is 20.2 Å². The molecular weight excluding hydrogens is 334 g/mol. The summed E-state index contributed by atoms with van der Waals surface area (Å²) in [4.78, 5) is 27.8. The van der Waals surface area contributed by atoms with Gasteiger partial charge in [-0.2, -0.15) is 4.98 Å². The van der Waals surface area contributed by atoms with Crippen molar-refractivity contribution in [3.63, 3.8) is 0 Å². The van der Waals surface area contributed by atoms with Crippen LogP contribution < -0.4 is 5.32 Å². The van der Waals surface area contributed by atoms with Gasteiger partial charge in [-0.3, -0.25) is 10.1 Å². The smallest absolute Gasteiger partial charge is 0.412 e. The Hall–Kier alpha value is -2.42. The molecule has 0 atom stereocenters. The summed E-state index contributed by atoms with van der Waals surface area (Å²) in [7, 11) is 1.33. The Morgan fingerprint density at radius 2 is 2.08 bits per heavy atom. The molecule has 0 radical (unpaired) electrons. The maximum atomic E-state index is 11.7. The molecule has 0 unspecified atom stereocenters. The molecule has 2 heterocycles. The molecule has 2 aromatic rings. The number of amides is 1. The lowest BCUT2D eigenvalue weighted by atomic mass is 10.2. The van der Waals surface area contributed by atoms with E-state index in [1.807, 2.05) is 0 Å². The van der Waals surface area contributed by atoms with Gasteiger partial charge in [-0.1, -0.05) is 5.16 Å². The molecule has 8 nitrogen and oxygen atoms in total. The number of anilines is 1. The molecule has 0 fully saturated rings. The number of nitrogens with zero attached hydrogens (tertiary/aromatic N) is 2. The Morgan fingerprint density at radius 3 is 2.75 bits per heavy atom. The zero-order valence-electron chi connectivity index (χ0n) is 13.9. The maximum absolute atomic E-state index is 11.7. The first-order chi connectivity index (χ1) is 11.3. The number of nitrogens with one attached hydrogen (secondary N) is 1. The minimum atomic E-state index is -0.563. The van der Waals surface area contributed by atoms with E-state index in [4.69, 9.17) is 9.26 Å². The van der Waals surface area contributed by atoms with E-state index in [-0.39, 0.29) is 12.4 Å².